The molecule has 0 aromatic heterocycles. The molecule has 0 radical (unpaired) electrons. The van der Waals surface area contributed by atoms with Crippen LogP contribution in [0.5, 0.6) is 0 Å². The first-order chi connectivity index (χ1) is 5.57. The summed E-state index contributed by atoms with van der Waals surface area (Å²) in [5.41, 5.74) is -0.0213. The van der Waals surface area contributed by atoms with E-state index in [1.54, 1.807) is 18.2 Å². The van der Waals surface area contributed by atoms with E-state index in [-0.39, 0.29) is 5.78 Å². The predicted molar refractivity (Wildman–Crippen MR) is 47.8 cm³/mol. The zero-order chi connectivity index (χ0) is 9.19. The zero-order valence-electron chi connectivity index (χ0n) is 7.50. The van der Waals surface area contributed by atoms with Gasteiger partial charge in [-0.3, -0.25) is 4.79 Å². The van der Waals surface area contributed by atoms with Crippen molar-refractivity contribution >= 4 is 5.78 Å². The molecule has 2 heteroatoms. The number of aliphatic hydroxyl groups is 1. The topological polar surface area (TPSA) is 37.3 Å². The second-order valence-electron chi connectivity index (χ2n) is 3.21. The monoisotopic (exact) mass is 166 g/mol. The summed E-state index contributed by atoms with van der Waals surface area (Å²) in [4.78, 5) is 10.9. The lowest BCUT2D eigenvalue weighted by molar-refractivity contribution is -0.113. The van der Waals surface area contributed by atoms with E-state index in [4.69, 9.17) is 0 Å². The Balaban J connectivity index is 2.74. The van der Waals surface area contributed by atoms with Gasteiger partial charge in [-0.15, -0.1) is 0 Å². The first kappa shape index (κ1) is 9.20. The highest BCUT2D eigenvalue weighted by molar-refractivity contribution is 5.96. The molecule has 1 atom stereocenters. The van der Waals surface area contributed by atoms with Gasteiger partial charge in [-0.05, 0) is 19.8 Å². The number of rotatable bonds is 2. The number of Topliss-reactive ketones (excluding diaryl/α,β-unsaturated/α-hetero) is 1. The van der Waals surface area contributed by atoms with Crippen molar-refractivity contribution in [1.29, 1.82) is 0 Å². The fraction of sp³-hybridized carbons (Fsp3) is 0.500. The van der Waals surface area contributed by atoms with Gasteiger partial charge in [0.25, 0.3) is 0 Å². The lowest BCUT2D eigenvalue weighted by Gasteiger charge is -2.24. The quantitative estimate of drug-likeness (QED) is 0.676. The molecular weight excluding hydrogens is 152 g/mol. The summed E-state index contributed by atoms with van der Waals surface area (Å²) in [6.45, 7) is 3.46. The van der Waals surface area contributed by atoms with Crippen molar-refractivity contribution < 1.29 is 9.90 Å². The Kier molecular flexibility index (Phi) is 2.48. The summed E-state index contributed by atoms with van der Waals surface area (Å²) in [6, 6.07) is 0. The van der Waals surface area contributed by atoms with Crippen molar-refractivity contribution in [2.75, 3.05) is 0 Å². The summed E-state index contributed by atoms with van der Waals surface area (Å²) in [7, 11) is 0. The molecule has 1 aliphatic carbocycles. The van der Waals surface area contributed by atoms with Gasteiger partial charge in [0.15, 0.2) is 5.78 Å². The van der Waals surface area contributed by atoms with Crippen molar-refractivity contribution in [3.05, 3.63) is 23.8 Å². The van der Waals surface area contributed by atoms with Crippen LogP contribution in [0.1, 0.15) is 26.7 Å². The Hall–Kier alpha value is -0.890. The maximum Gasteiger partial charge on any atom is 0.159 e. The number of carbonyl (C=O) groups is 1. The molecule has 0 saturated carbocycles. The van der Waals surface area contributed by atoms with Gasteiger partial charge in [-0.1, -0.05) is 25.2 Å². The van der Waals surface area contributed by atoms with Crippen molar-refractivity contribution in [2.24, 2.45) is 0 Å². The van der Waals surface area contributed by atoms with Crippen molar-refractivity contribution in [2.45, 2.75) is 32.3 Å². The molecule has 0 aliphatic heterocycles. The van der Waals surface area contributed by atoms with Crippen molar-refractivity contribution in [3.8, 4) is 0 Å². The normalized spacial score (nSPS) is 28.4. The third-order valence-electron chi connectivity index (χ3n) is 2.27. The van der Waals surface area contributed by atoms with Crippen molar-refractivity contribution in [1.82, 2.24) is 0 Å². The predicted octanol–water partition coefficient (Wildman–Crippen LogP) is 1.60. The van der Waals surface area contributed by atoms with Crippen LogP contribution in [0.25, 0.3) is 0 Å². The average Bonchev–Trinajstić information content (AvgIpc) is 2.05. The molecule has 0 aromatic carbocycles. The number of allylic oxidation sites excluding steroid dienone is 2. The van der Waals surface area contributed by atoms with Crippen LogP contribution in [-0.4, -0.2) is 16.5 Å². The maximum atomic E-state index is 10.9. The van der Waals surface area contributed by atoms with Gasteiger partial charge < -0.3 is 5.11 Å². The van der Waals surface area contributed by atoms with Gasteiger partial charge in [0.2, 0.25) is 0 Å². The molecule has 1 unspecified atom stereocenters. The lowest BCUT2D eigenvalue weighted by atomic mass is 9.89. The number of ketones is 1. The number of hydrogen-bond acceptors (Lipinski definition) is 2. The highest BCUT2D eigenvalue weighted by atomic mass is 16.3. The molecule has 66 valence electrons. The van der Waals surface area contributed by atoms with Crippen LogP contribution in [0, 0.1) is 0 Å². The molecule has 0 spiro atoms. The van der Waals surface area contributed by atoms with Crippen LogP contribution in [0.2, 0.25) is 0 Å². The van der Waals surface area contributed by atoms with E-state index < -0.39 is 5.60 Å². The lowest BCUT2D eigenvalue weighted by Crippen LogP contribution is -2.26. The molecule has 1 aliphatic rings. The van der Waals surface area contributed by atoms with E-state index in [9.17, 15) is 9.90 Å². The summed E-state index contributed by atoms with van der Waals surface area (Å²) in [5.74, 6) is 0.0596. The summed E-state index contributed by atoms with van der Waals surface area (Å²) in [6.07, 6.45) is 6.45. The van der Waals surface area contributed by atoms with Gasteiger partial charge in [-0.25, -0.2) is 0 Å². The Bertz CT molecular complexity index is 251. The minimum Gasteiger partial charge on any atom is -0.385 e. The van der Waals surface area contributed by atoms with E-state index >= 15 is 0 Å². The molecular formula is C10H14O2. The van der Waals surface area contributed by atoms with E-state index in [0.29, 0.717) is 18.4 Å². The number of carbonyl (C=O) groups excluding carboxylic acids is 1. The van der Waals surface area contributed by atoms with E-state index in [2.05, 4.69) is 0 Å². The van der Waals surface area contributed by atoms with Gasteiger partial charge in [0.1, 0.15) is 0 Å². The average molecular weight is 166 g/mol. The molecule has 0 fully saturated rings. The van der Waals surface area contributed by atoms with Crippen molar-refractivity contribution in [3.63, 3.8) is 0 Å². The van der Waals surface area contributed by atoms with Gasteiger partial charge >= 0.3 is 0 Å². The molecule has 0 aromatic rings. The summed E-state index contributed by atoms with van der Waals surface area (Å²) < 4.78 is 0. The highest BCUT2D eigenvalue weighted by Gasteiger charge is 2.22. The largest absolute Gasteiger partial charge is 0.385 e. The summed E-state index contributed by atoms with van der Waals surface area (Å²) >= 11 is 0. The fourth-order valence-corrected chi connectivity index (χ4v) is 1.19. The molecule has 1 rings (SSSR count). The molecule has 0 saturated heterocycles. The fourth-order valence-electron chi connectivity index (χ4n) is 1.19. The third-order valence-corrected chi connectivity index (χ3v) is 2.27. The van der Waals surface area contributed by atoms with Gasteiger partial charge in [0.05, 0.1) is 5.60 Å². The molecule has 12 heavy (non-hydrogen) atoms. The summed E-state index contributed by atoms with van der Waals surface area (Å²) in [5, 5.41) is 9.74. The smallest absolute Gasteiger partial charge is 0.159 e. The number of hydrogen-bond donors (Lipinski definition) is 1. The molecule has 2 nitrogen and oxygen atoms in total. The second kappa shape index (κ2) is 3.23. The van der Waals surface area contributed by atoms with Crippen LogP contribution < -0.4 is 0 Å². The molecule has 0 heterocycles. The van der Waals surface area contributed by atoms with Crippen LogP contribution in [0.15, 0.2) is 23.8 Å². The highest BCUT2D eigenvalue weighted by Crippen LogP contribution is 2.23. The molecule has 1 N–H and O–H groups in total. The van der Waals surface area contributed by atoms with Crippen LogP contribution in [0.3, 0.4) is 0 Å². The first-order valence-electron chi connectivity index (χ1n) is 4.20. The third kappa shape index (κ3) is 1.83. The Morgan fingerprint density at radius 1 is 1.75 bits per heavy atom. The molecule has 0 bridgehead atoms. The van der Waals surface area contributed by atoms with Crippen LogP contribution >= 0.6 is 0 Å². The Morgan fingerprint density at radius 3 is 2.75 bits per heavy atom. The van der Waals surface area contributed by atoms with E-state index in [0.717, 1.165) is 0 Å². The SMILES string of the molecule is CCC1(O)C=CC(C(C)=O)=CC1. The van der Waals surface area contributed by atoms with Crippen LogP contribution in [-0.2, 0) is 4.79 Å². The second-order valence-corrected chi connectivity index (χ2v) is 3.21. The van der Waals surface area contributed by atoms with Gasteiger partial charge in [0, 0.05) is 5.57 Å². The van der Waals surface area contributed by atoms with E-state index in [1.807, 2.05) is 6.92 Å². The van der Waals surface area contributed by atoms with Crippen LogP contribution in [0.4, 0.5) is 0 Å². The van der Waals surface area contributed by atoms with E-state index in [1.165, 1.54) is 6.92 Å². The standard InChI is InChI=1S/C10H14O2/c1-3-10(12)6-4-9(5-7-10)8(2)11/h4-6,12H,3,7H2,1-2H3. The Labute approximate surface area is 72.6 Å². The minimum atomic E-state index is -0.723. The molecule has 0 amide bonds. The minimum absolute atomic E-state index is 0.0596. The Morgan fingerprint density at radius 2 is 2.42 bits per heavy atom. The maximum absolute atomic E-state index is 10.9. The van der Waals surface area contributed by atoms with Gasteiger partial charge in [-0.2, -0.15) is 0 Å². The zero-order valence-corrected chi connectivity index (χ0v) is 7.50. The first-order valence-corrected chi connectivity index (χ1v) is 4.20.